The molecule has 1 unspecified atom stereocenters. The van der Waals surface area contributed by atoms with Gasteiger partial charge in [0.1, 0.15) is 11.3 Å². The lowest BCUT2D eigenvalue weighted by Gasteiger charge is -2.25. The summed E-state index contributed by atoms with van der Waals surface area (Å²) >= 11 is 0. The third-order valence-corrected chi connectivity index (χ3v) is 5.76. The Morgan fingerprint density at radius 2 is 1.93 bits per heavy atom. The second kappa shape index (κ2) is 7.20. The number of methoxy groups -OCH3 is 1. The van der Waals surface area contributed by atoms with Crippen LogP contribution in [-0.4, -0.2) is 18.6 Å². The molecule has 2 aromatic carbocycles. The summed E-state index contributed by atoms with van der Waals surface area (Å²) < 4.78 is 10.8. The van der Waals surface area contributed by atoms with Crippen LogP contribution in [-0.2, 0) is 6.54 Å². The second-order valence-electron chi connectivity index (χ2n) is 7.38. The molecule has 27 heavy (non-hydrogen) atoms. The maximum absolute atomic E-state index is 12.2. The van der Waals surface area contributed by atoms with Crippen LogP contribution in [0.2, 0.25) is 0 Å². The Kier molecular flexibility index (Phi) is 4.75. The van der Waals surface area contributed by atoms with E-state index in [4.69, 9.17) is 9.15 Å². The van der Waals surface area contributed by atoms with E-state index in [9.17, 15) is 4.79 Å². The van der Waals surface area contributed by atoms with Gasteiger partial charge in [0.2, 0.25) is 0 Å². The maximum atomic E-state index is 12.2. The number of hydrogen-bond donors (Lipinski definition) is 0. The molecule has 4 rings (SSSR count). The Balaban J connectivity index is 1.68. The molecule has 0 spiro atoms. The molecule has 0 N–H and O–H groups in total. The minimum atomic E-state index is -0.272. The van der Waals surface area contributed by atoms with Gasteiger partial charge >= 0.3 is 5.63 Å². The van der Waals surface area contributed by atoms with E-state index in [1.807, 2.05) is 26.0 Å². The standard InChI is InChI=1S/C23H25NO3/c1-15-6-11-20-18(13-22(25)27-23(20)16(15)2)14-24-12-4-5-21(24)17-7-9-19(26-3)10-8-17/h6-11,13,21H,4-5,12,14H2,1-3H3. The minimum Gasteiger partial charge on any atom is -0.497 e. The van der Waals surface area contributed by atoms with Gasteiger partial charge in [-0.15, -0.1) is 0 Å². The van der Waals surface area contributed by atoms with Gasteiger partial charge in [-0.05, 0) is 67.6 Å². The fourth-order valence-corrected chi connectivity index (χ4v) is 4.09. The molecule has 1 aromatic heterocycles. The molecule has 1 fully saturated rings. The van der Waals surface area contributed by atoms with E-state index in [2.05, 4.69) is 29.2 Å². The van der Waals surface area contributed by atoms with Gasteiger partial charge in [-0.2, -0.15) is 0 Å². The average molecular weight is 363 g/mol. The van der Waals surface area contributed by atoms with Crippen LogP contribution in [0, 0.1) is 13.8 Å². The zero-order chi connectivity index (χ0) is 19.0. The van der Waals surface area contributed by atoms with Crippen LogP contribution in [0.1, 0.15) is 41.1 Å². The second-order valence-corrected chi connectivity index (χ2v) is 7.38. The molecule has 1 aliphatic heterocycles. The van der Waals surface area contributed by atoms with Crippen molar-refractivity contribution in [2.75, 3.05) is 13.7 Å². The highest BCUT2D eigenvalue weighted by molar-refractivity contribution is 5.83. The molecule has 4 nitrogen and oxygen atoms in total. The van der Waals surface area contributed by atoms with Crippen LogP contribution in [0.4, 0.5) is 0 Å². The number of aryl methyl sites for hydroxylation is 2. The Morgan fingerprint density at radius 1 is 1.15 bits per heavy atom. The van der Waals surface area contributed by atoms with Crippen molar-refractivity contribution < 1.29 is 9.15 Å². The van der Waals surface area contributed by atoms with Crippen molar-refractivity contribution in [3.63, 3.8) is 0 Å². The molecule has 1 aliphatic rings. The number of likely N-dealkylation sites (tertiary alicyclic amines) is 1. The van der Waals surface area contributed by atoms with Crippen LogP contribution < -0.4 is 10.4 Å². The molecule has 0 amide bonds. The molecule has 0 saturated carbocycles. The van der Waals surface area contributed by atoms with Crippen LogP contribution in [0.3, 0.4) is 0 Å². The third kappa shape index (κ3) is 3.37. The van der Waals surface area contributed by atoms with E-state index in [-0.39, 0.29) is 5.63 Å². The number of ether oxygens (including phenoxy) is 1. The lowest BCUT2D eigenvalue weighted by atomic mass is 10.0. The van der Waals surface area contributed by atoms with Crippen molar-refractivity contribution >= 4 is 11.0 Å². The summed E-state index contributed by atoms with van der Waals surface area (Å²) in [5, 5.41) is 1.04. The van der Waals surface area contributed by atoms with E-state index in [0.29, 0.717) is 6.04 Å². The summed E-state index contributed by atoms with van der Waals surface area (Å²) in [5.74, 6) is 0.876. The van der Waals surface area contributed by atoms with Gasteiger partial charge in [-0.25, -0.2) is 4.79 Å². The largest absolute Gasteiger partial charge is 0.497 e. The van der Waals surface area contributed by atoms with Crippen LogP contribution in [0.5, 0.6) is 5.75 Å². The van der Waals surface area contributed by atoms with Crippen molar-refractivity contribution in [1.82, 2.24) is 4.90 Å². The molecule has 3 aromatic rings. The molecule has 140 valence electrons. The van der Waals surface area contributed by atoms with E-state index in [1.54, 1.807) is 13.2 Å². The third-order valence-electron chi connectivity index (χ3n) is 5.76. The van der Waals surface area contributed by atoms with Crippen molar-refractivity contribution in [1.29, 1.82) is 0 Å². The predicted molar refractivity (Wildman–Crippen MR) is 107 cm³/mol. The summed E-state index contributed by atoms with van der Waals surface area (Å²) in [4.78, 5) is 14.6. The van der Waals surface area contributed by atoms with Crippen LogP contribution in [0.15, 0.2) is 51.7 Å². The summed E-state index contributed by atoms with van der Waals surface area (Å²) in [5.41, 5.74) is 4.97. The quantitative estimate of drug-likeness (QED) is 0.627. The van der Waals surface area contributed by atoms with E-state index in [1.165, 1.54) is 5.56 Å². The SMILES string of the molecule is COc1ccc(C2CCCN2Cc2cc(=O)oc3c(C)c(C)ccc23)cc1. The van der Waals surface area contributed by atoms with Crippen molar-refractivity contribution in [2.45, 2.75) is 39.3 Å². The number of hydrogen-bond acceptors (Lipinski definition) is 4. The van der Waals surface area contributed by atoms with Gasteiger partial charge in [0.15, 0.2) is 0 Å². The molecular weight excluding hydrogens is 338 g/mol. The Labute approximate surface area is 159 Å². The van der Waals surface area contributed by atoms with E-state index < -0.39 is 0 Å². The van der Waals surface area contributed by atoms with Gasteiger partial charge in [0, 0.05) is 24.0 Å². The molecule has 1 atom stereocenters. The van der Waals surface area contributed by atoms with Gasteiger partial charge in [0.05, 0.1) is 7.11 Å². The molecule has 0 radical (unpaired) electrons. The van der Waals surface area contributed by atoms with Gasteiger partial charge in [-0.3, -0.25) is 4.90 Å². The first-order valence-electron chi connectivity index (χ1n) is 9.48. The number of fused-ring (bicyclic) bond motifs is 1. The fourth-order valence-electron chi connectivity index (χ4n) is 4.09. The normalized spacial score (nSPS) is 17.5. The monoisotopic (exact) mass is 363 g/mol. The Bertz CT molecular complexity index is 1020. The molecule has 4 heteroatoms. The lowest BCUT2D eigenvalue weighted by molar-refractivity contribution is 0.249. The highest BCUT2D eigenvalue weighted by Gasteiger charge is 2.26. The summed E-state index contributed by atoms with van der Waals surface area (Å²) in [6.45, 7) is 5.84. The van der Waals surface area contributed by atoms with Crippen LogP contribution >= 0.6 is 0 Å². The first-order valence-corrected chi connectivity index (χ1v) is 9.48. The number of benzene rings is 2. The van der Waals surface area contributed by atoms with E-state index >= 15 is 0 Å². The summed E-state index contributed by atoms with van der Waals surface area (Å²) in [6, 6.07) is 14.5. The van der Waals surface area contributed by atoms with Gasteiger partial charge in [0.25, 0.3) is 0 Å². The number of rotatable bonds is 4. The average Bonchev–Trinajstić information content (AvgIpc) is 3.13. The van der Waals surface area contributed by atoms with Crippen molar-refractivity contribution in [3.05, 3.63) is 75.1 Å². The predicted octanol–water partition coefficient (Wildman–Crippen LogP) is 4.76. The van der Waals surface area contributed by atoms with Crippen molar-refractivity contribution in [3.8, 4) is 5.75 Å². The summed E-state index contributed by atoms with van der Waals surface area (Å²) in [6.07, 6.45) is 2.29. The Morgan fingerprint density at radius 3 is 2.67 bits per heavy atom. The van der Waals surface area contributed by atoms with Gasteiger partial charge in [-0.1, -0.05) is 24.3 Å². The highest BCUT2D eigenvalue weighted by Crippen LogP contribution is 2.35. The first kappa shape index (κ1) is 17.8. The zero-order valence-electron chi connectivity index (χ0n) is 16.1. The maximum Gasteiger partial charge on any atom is 0.336 e. The minimum absolute atomic E-state index is 0.272. The lowest BCUT2D eigenvalue weighted by Crippen LogP contribution is -2.23. The fraction of sp³-hybridized carbons (Fsp3) is 0.348. The molecule has 0 aliphatic carbocycles. The highest BCUT2D eigenvalue weighted by atomic mass is 16.5. The topological polar surface area (TPSA) is 42.7 Å². The molecule has 0 bridgehead atoms. The summed E-state index contributed by atoms with van der Waals surface area (Å²) in [7, 11) is 1.69. The molecule has 1 saturated heterocycles. The van der Waals surface area contributed by atoms with E-state index in [0.717, 1.165) is 59.3 Å². The Hall–Kier alpha value is -2.59. The zero-order valence-corrected chi connectivity index (χ0v) is 16.1. The smallest absolute Gasteiger partial charge is 0.336 e. The van der Waals surface area contributed by atoms with Crippen molar-refractivity contribution in [2.24, 2.45) is 0 Å². The molecule has 2 heterocycles. The molecular formula is C23H25NO3. The first-order chi connectivity index (χ1) is 13.1. The number of nitrogens with zero attached hydrogens (tertiary/aromatic N) is 1. The van der Waals surface area contributed by atoms with Crippen LogP contribution in [0.25, 0.3) is 11.0 Å². The van der Waals surface area contributed by atoms with Gasteiger partial charge < -0.3 is 9.15 Å².